The van der Waals surface area contributed by atoms with Gasteiger partial charge < -0.3 is 14.8 Å². The van der Waals surface area contributed by atoms with Crippen molar-refractivity contribution in [1.82, 2.24) is 19.8 Å². The maximum atomic E-state index is 13.3. The number of amides is 2. The van der Waals surface area contributed by atoms with Gasteiger partial charge in [-0.3, -0.25) is 19.4 Å². The van der Waals surface area contributed by atoms with Crippen LogP contribution in [0.5, 0.6) is 0 Å². The van der Waals surface area contributed by atoms with Crippen LogP contribution in [0.15, 0.2) is 64.4 Å². The highest BCUT2D eigenvalue weighted by atomic mass is 32.2. The molecule has 1 atom stereocenters. The van der Waals surface area contributed by atoms with Gasteiger partial charge in [0.1, 0.15) is 5.56 Å². The minimum Gasteiger partial charge on any atom is -0.352 e. The largest absolute Gasteiger partial charge is 0.352 e. The fraction of sp³-hybridized carbons (Fsp3) is 0.333. The number of carbonyl (C=O) groups excluding carboxylic acids is 2. The molecule has 1 aromatic carbocycles. The van der Waals surface area contributed by atoms with Crippen molar-refractivity contribution in [1.29, 1.82) is 0 Å². The maximum Gasteiger partial charge on any atom is 0.257 e. The van der Waals surface area contributed by atoms with Gasteiger partial charge in [0.25, 0.3) is 5.91 Å². The minimum atomic E-state index is -0.365. The van der Waals surface area contributed by atoms with E-state index in [1.807, 2.05) is 52.8 Å². The number of benzene rings is 1. The predicted octanol–water partition coefficient (Wildman–Crippen LogP) is 3.67. The van der Waals surface area contributed by atoms with Gasteiger partial charge in [-0.25, -0.2) is 0 Å². The lowest BCUT2D eigenvalue weighted by atomic mass is 10.0. The summed E-state index contributed by atoms with van der Waals surface area (Å²) in [7, 11) is 0. The lowest BCUT2D eigenvalue weighted by Gasteiger charge is -2.20. The Morgan fingerprint density at radius 1 is 1.17 bits per heavy atom. The van der Waals surface area contributed by atoms with Crippen LogP contribution in [0, 0.1) is 6.92 Å². The maximum absolute atomic E-state index is 13.3. The topological polar surface area (TPSA) is 84.3 Å². The summed E-state index contributed by atoms with van der Waals surface area (Å²) in [5, 5.41) is 2.89. The van der Waals surface area contributed by atoms with Gasteiger partial charge in [-0.1, -0.05) is 18.2 Å². The van der Waals surface area contributed by atoms with Crippen molar-refractivity contribution in [3.8, 4) is 5.69 Å². The fourth-order valence-electron chi connectivity index (χ4n) is 4.91. The number of nitrogens with zero attached hydrogens (tertiary/aromatic N) is 3. The van der Waals surface area contributed by atoms with Gasteiger partial charge in [0.2, 0.25) is 5.91 Å². The smallest absolute Gasteiger partial charge is 0.257 e. The van der Waals surface area contributed by atoms with Gasteiger partial charge in [0, 0.05) is 61.0 Å². The SMILES string of the molecule is Cc1cc(=O)c(C(=O)NCCCN2CCCC2=O)c2n1-c1ccccc1SC(c1ccccn1)C2. The van der Waals surface area contributed by atoms with Crippen LogP contribution in [0.2, 0.25) is 0 Å². The number of hydrogen-bond donors (Lipinski definition) is 1. The number of rotatable bonds is 6. The van der Waals surface area contributed by atoms with Gasteiger partial charge in [-0.05, 0) is 44.0 Å². The van der Waals surface area contributed by atoms with Crippen molar-refractivity contribution in [3.05, 3.63) is 87.6 Å². The fourth-order valence-corrected chi connectivity index (χ4v) is 6.15. The van der Waals surface area contributed by atoms with Crippen LogP contribution in [0.4, 0.5) is 0 Å². The molecule has 2 aliphatic heterocycles. The zero-order chi connectivity index (χ0) is 24.4. The van der Waals surface area contributed by atoms with E-state index in [1.165, 1.54) is 0 Å². The van der Waals surface area contributed by atoms with E-state index in [1.54, 1.807) is 24.0 Å². The molecule has 0 radical (unpaired) electrons. The van der Waals surface area contributed by atoms with E-state index >= 15 is 0 Å². The van der Waals surface area contributed by atoms with Crippen LogP contribution >= 0.6 is 11.8 Å². The molecule has 0 spiro atoms. The molecule has 5 rings (SSSR count). The third kappa shape index (κ3) is 4.75. The molecule has 2 aromatic heterocycles. The average molecular weight is 489 g/mol. The van der Waals surface area contributed by atoms with Gasteiger partial charge in [0.15, 0.2) is 5.43 Å². The van der Waals surface area contributed by atoms with E-state index < -0.39 is 0 Å². The standard InChI is InChI=1S/C27H28N4O3S/c1-18-16-22(32)26(27(34)29-13-7-15-30-14-6-11-25(30)33)21-17-24(19-8-4-5-12-28-19)35-23-10-3-2-9-20(23)31(18)21/h2-5,8-10,12,16,24H,6-7,11,13-15,17H2,1H3,(H,29,34). The van der Waals surface area contributed by atoms with Crippen molar-refractivity contribution in [3.63, 3.8) is 0 Å². The molecule has 7 nitrogen and oxygen atoms in total. The average Bonchev–Trinajstić information content (AvgIpc) is 3.18. The van der Waals surface area contributed by atoms with E-state index in [2.05, 4.69) is 16.4 Å². The quantitative estimate of drug-likeness (QED) is 0.535. The van der Waals surface area contributed by atoms with Crippen LogP contribution in [-0.2, 0) is 11.2 Å². The summed E-state index contributed by atoms with van der Waals surface area (Å²) in [5.74, 6) is -0.189. The highest BCUT2D eigenvalue weighted by molar-refractivity contribution is 7.99. The molecule has 2 aliphatic rings. The molecule has 8 heteroatoms. The van der Waals surface area contributed by atoms with Crippen molar-refractivity contribution in [2.75, 3.05) is 19.6 Å². The van der Waals surface area contributed by atoms with Crippen LogP contribution < -0.4 is 10.7 Å². The van der Waals surface area contributed by atoms with Gasteiger partial charge in [-0.2, -0.15) is 0 Å². The third-order valence-corrected chi connectivity index (χ3v) is 7.85. The van der Waals surface area contributed by atoms with Gasteiger partial charge in [0.05, 0.1) is 16.6 Å². The molecule has 1 fully saturated rings. The number of nitrogens with one attached hydrogen (secondary N) is 1. The number of carbonyl (C=O) groups is 2. The highest BCUT2D eigenvalue weighted by Crippen LogP contribution is 2.43. The predicted molar refractivity (Wildman–Crippen MR) is 136 cm³/mol. The van der Waals surface area contributed by atoms with E-state index in [9.17, 15) is 14.4 Å². The van der Waals surface area contributed by atoms with Crippen LogP contribution in [0.1, 0.15) is 52.0 Å². The number of aryl methyl sites for hydroxylation is 1. The zero-order valence-corrected chi connectivity index (χ0v) is 20.5. The van der Waals surface area contributed by atoms with E-state index in [-0.39, 0.29) is 28.1 Å². The monoisotopic (exact) mass is 488 g/mol. The van der Waals surface area contributed by atoms with E-state index in [0.29, 0.717) is 38.0 Å². The lowest BCUT2D eigenvalue weighted by molar-refractivity contribution is -0.127. The Hall–Kier alpha value is -3.39. The molecule has 4 heterocycles. The first-order chi connectivity index (χ1) is 17.0. The minimum absolute atomic E-state index is 0.0416. The lowest BCUT2D eigenvalue weighted by Crippen LogP contribution is -2.35. The Morgan fingerprint density at radius 3 is 2.77 bits per heavy atom. The number of para-hydroxylation sites is 1. The Bertz CT molecular complexity index is 1320. The number of aromatic nitrogens is 2. The van der Waals surface area contributed by atoms with Crippen molar-refractivity contribution in [2.45, 2.75) is 42.8 Å². The molecule has 1 saturated heterocycles. The molecule has 1 N–H and O–H groups in total. The third-order valence-electron chi connectivity index (χ3n) is 6.56. The first kappa shape index (κ1) is 23.4. The summed E-state index contributed by atoms with van der Waals surface area (Å²) >= 11 is 1.70. The summed E-state index contributed by atoms with van der Waals surface area (Å²) < 4.78 is 2.05. The summed E-state index contributed by atoms with van der Waals surface area (Å²) in [6, 6.07) is 15.5. The first-order valence-electron chi connectivity index (χ1n) is 12.0. The van der Waals surface area contributed by atoms with Gasteiger partial charge >= 0.3 is 0 Å². The summed E-state index contributed by atoms with van der Waals surface area (Å²) in [4.78, 5) is 45.8. The van der Waals surface area contributed by atoms with Crippen molar-refractivity contribution >= 4 is 23.6 Å². The first-order valence-corrected chi connectivity index (χ1v) is 12.9. The molecule has 0 bridgehead atoms. The number of likely N-dealkylation sites (tertiary alicyclic amines) is 1. The Morgan fingerprint density at radius 2 is 2.00 bits per heavy atom. The van der Waals surface area contributed by atoms with Crippen LogP contribution in [0.3, 0.4) is 0 Å². The zero-order valence-electron chi connectivity index (χ0n) is 19.7. The second kappa shape index (κ2) is 10.1. The van der Waals surface area contributed by atoms with Crippen molar-refractivity contribution < 1.29 is 9.59 Å². The normalized spacial score (nSPS) is 17.0. The molecule has 180 valence electrons. The molecule has 3 aromatic rings. The summed E-state index contributed by atoms with van der Waals surface area (Å²) in [6.07, 6.45) is 4.43. The second-order valence-electron chi connectivity index (χ2n) is 8.93. The molecule has 0 aliphatic carbocycles. The number of hydrogen-bond acceptors (Lipinski definition) is 5. The molecule has 2 amide bonds. The van der Waals surface area contributed by atoms with Crippen LogP contribution in [0.25, 0.3) is 5.69 Å². The number of thioether (sulfide) groups is 1. The number of fused-ring (bicyclic) bond motifs is 3. The Kier molecular flexibility index (Phi) is 6.72. The summed E-state index contributed by atoms with van der Waals surface area (Å²) in [5.41, 5.74) is 3.29. The Balaban J connectivity index is 1.48. The molecule has 35 heavy (non-hydrogen) atoms. The van der Waals surface area contributed by atoms with E-state index in [4.69, 9.17) is 0 Å². The van der Waals surface area contributed by atoms with Gasteiger partial charge in [-0.15, -0.1) is 11.8 Å². The second-order valence-corrected chi connectivity index (χ2v) is 10.2. The van der Waals surface area contributed by atoms with Crippen LogP contribution in [-0.4, -0.2) is 45.9 Å². The molecular formula is C27H28N4O3S. The van der Waals surface area contributed by atoms with E-state index in [0.717, 1.165) is 34.9 Å². The molecule has 0 saturated carbocycles. The van der Waals surface area contributed by atoms with Crippen molar-refractivity contribution in [2.24, 2.45) is 0 Å². The molecular weight excluding hydrogens is 460 g/mol. The summed E-state index contributed by atoms with van der Waals surface area (Å²) in [6.45, 7) is 3.72. The Labute approximate surface area is 208 Å². The highest BCUT2D eigenvalue weighted by Gasteiger charge is 2.29. The molecule has 1 unspecified atom stereocenters. The number of pyridine rings is 2.